The summed E-state index contributed by atoms with van der Waals surface area (Å²) >= 11 is 0. The minimum Gasteiger partial charge on any atom is -0.448 e. The summed E-state index contributed by atoms with van der Waals surface area (Å²) in [5.41, 5.74) is 9.91. The van der Waals surface area contributed by atoms with E-state index in [1.54, 1.807) is 0 Å². The van der Waals surface area contributed by atoms with E-state index in [-0.39, 0.29) is 24.0 Å². The van der Waals surface area contributed by atoms with Crippen LogP contribution in [-0.4, -0.2) is 37.6 Å². The zero-order valence-electron chi connectivity index (χ0n) is 8.66. The molecule has 0 aliphatic carbocycles. The first-order chi connectivity index (χ1) is 7.92. The van der Waals surface area contributed by atoms with E-state index >= 15 is 0 Å². The third-order valence-corrected chi connectivity index (χ3v) is 3.01. The zero-order valence-corrected chi connectivity index (χ0v) is 9.48. The number of hydrogen-bond donors (Lipinski definition) is 3. The topological polar surface area (TPSA) is 150 Å². The number of amides is 1. The van der Waals surface area contributed by atoms with Crippen molar-refractivity contribution in [2.45, 2.75) is 4.90 Å². The maximum Gasteiger partial charge on any atom is 0.404 e. The van der Waals surface area contributed by atoms with Gasteiger partial charge in [-0.2, -0.15) is 0 Å². The summed E-state index contributed by atoms with van der Waals surface area (Å²) in [6.45, 7) is -0.264. The molecule has 0 aliphatic heterocycles. The minimum absolute atomic E-state index is 0.0268. The molecule has 0 aromatic carbocycles. The Bertz CT molecular complexity index is 485. The van der Waals surface area contributed by atoms with Gasteiger partial charge in [0.1, 0.15) is 11.5 Å². The molecule has 0 bridgehead atoms. The van der Waals surface area contributed by atoms with Gasteiger partial charge < -0.3 is 16.2 Å². The highest BCUT2D eigenvalue weighted by molar-refractivity contribution is 7.89. The van der Waals surface area contributed by atoms with E-state index in [1.165, 1.54) is 0 Å². The summed E-state index contributed by atoms with van der Waals surface area (Å²) in [6.07, 6.45) is 1.17. The van der Waals surface area contributed by atoms with Crippen molar-refractivity contribution in [1.29, 1.82) is 0 Å². The van der Waals surface area contributed by atoms with E-state index in [2.05, 4.69) is 19.4 Å². The predicted octanol–water partition coefficient (Wildman–Crippen LogP) is -1.57. The molecule has 5 N–H and O–H groups in total. The molecule has 0 fully saturated rings. The highest BCUT2D eigenvalue weighted by Gasteiger charge is 2.14. The maximum atomic E-state index is 11.6. The molecule has 9 nitrogen and oxygen atoms in total. The first kappa shape index (κ1) is 13.1. The van der Waals surface area contributed by atoms with Crippen LogP contribution in [0.3, 0.4) is 0 Å². The third-order valence-electron chi connectivity index (χ3n) is 1.60. The van der Waals surface area contributed by atoms with Crippen LogP contribution in [0.2, 0.25) is 0 Å². The second kappa shape index (κ2) is 5.41. The van der Waals surface area contributed by atoms with E-state index in [4.69, 9.17) is 11.5 Å². The van der Waals surface area contributed by atoms with E-state index in [9.17, 15) is 13.2 Å². The van der Waals surface area contributed by atoms with Gasteiger partial charge in [-0.15, -0.1) is 0 Å². The number of nitrogens with one attached hydrogen (secondary N) is 1. The lowest BCUT2D eigenvalue weighted by atomic mass is 10.7. The molecule has 1 aromatic heterocycles. The monoisotopic (exact) mass is 261 g/mol. The SMILES string of the molecule is NC(=O)OCCNS(=O)(=O)c1cnc(N)nc1. The Balaban J connectivity index is 2.57. The number of sulfonamides is 1. The number of rotatable bonds is 5. The lowest BCUT2D eigenvalue weighted by molar-refractivity contribution is 0.159. The van der Waals surface area contributed by atoms with Crippen LogP contribution in [0.1, 0.15) is 0 Å². The second-order valence-electron chi connectivity index (χ2n) is 2.84. The summed E-state index contributed by atoms with van der Waals surface area (Å²) in [6, 6.07) is 0. The molecule has 0 saturated heterocycles. The summed E-state index contributed by atoms with van der Waals surface area (Å²) in [7, 11) is -3.74. The van der Waals surface area contributed by atoms with Gasteiger partial charge in [0, 0.05) is 6.54 Å². The summed E-state index contributed by atoms with van der Waals surface area (Å²) in [5.74, 6) is -0.0268. The molecule has 1 aromatic rings. The fourth-order valence-electron chi connectivity index (χ4n) is 0.876. The number of aromatic nitrogens is 2. The lowest BCUT2D eigenvalue weighted by Gasteiger charge is -2.05. The molecule has 1 rings (SSSR count). The van der Waals surface area contributed by atoms with Crippen LogP contribution < -0.4 is 16.2 Å². The Hall–Kier alpha value is -1.94. The summed E-state index contributed by atoms with van der Waals surface area (Å²) < 4.78 is 29.7. The quantitative estimate of drug-likeness (QED) is 0.542. The van der Waals surface area contributed by atoms with Gasteiger partial charge in [-0.25, -0.2) is 27.9 Å². The molecule has 0 aliphatic rings. The van der Waals surface area contributed by atoms with Crippen molar-refractivity contribution in [2.75, 3.05) is 18.9 Å². The van der Waals surface area contributed by atoms with Crippen LogP contribution in [0.25, 0.3) is 0 Å². The maximum absolute atomic E-state index is 11.6. The van der Waals surface area contributed by atoms with Gasteiger partial charge in [-0.1, -0.05) is 0 Å². The molecule has 0 atom stereocenters. The van der Waals surface area contributed by atoms with Crippen LogP contribution in [0.5, 0.6) is 0 Å². The number of primary amides is 1. The Morgan fingerprint density at radius 1 is 1.41 bits per heavy atom. The Labute approximate surface area is 97.2 Å². The predicted molar refractivity (Wildman–Crippen MR) is 57.2 cm³/mol. The number of hydrogen-bond acceptors (Lipinski definition) is 7. The van der Waals surface area contributed by atoms with Crippen LogP contribution in [0, 0.1) is 0 Å². The smallest absolute Gasteiger partial charge is 0.404 e. The first-order valence-corrected chi connectivity index (χ1v) is 5.89. The number of nitrogen functional groups attached to an aromatic ring is 1. The molecule has 17 heavy (non-hydrogen) atoms. The molecular formula is C7H11N5O4S. The van der Waals surface area contributed by atoms with Crippen LogP contribution in [0.15, 0.2) is 17.3 Å². The molecule has 10 heteroatoms. The fourth-order valence-corrected chi connectivity index (χ4v) is 1.78. The highest BCUT2D eigenvalue weighted by Crippen LogP contribution is 2.05. The minimum atomic E-state index is -3.74. The number of nitrogens with zero attached hydrogens (tertiary/aromatic N) is 2. The normalized spacial score (nSPS) is 11.1. The fraction of sp³-hybridized carbons (Fsp3) is 0.286. The molecular weight excluding hydrogens is 250 g/mol. The number of nitrogens with two attached hydrogens (primary N) is 2. The van der Waals surface area contributed by atoms with Gasteiger partial charge in [-0.3, -0.25) is 0 Å². The number of ether oxygens (including phenoxy) is 1. The van der Waals surface area contributed by atoms with Crippen LogP contribution >= 0.6 is 0 Å². The molecule has 1 heterocycles. The van der Waals surface area contributed by atoms with Crippen molar-refractivity contribution < 1.29 is 17.9 Å². The van der Waals surface area contributed by atoms with Crippen molar-refractivity contribution in [3.05, 3.63) is 12.4 Å². The largest absolute Gasteiger partial charge is 0.448 e. The molecule has 0 radical (unpaired) electrons. The zero-order chi connectivity index (χ0) is 12.9. The van der Waals surface area contributed by atoms with Gasteiger partial charge in [0.25, 0.3) is 0 Å². The summed E-state index contributed by atoms with van der Waals surface area (Å²) in [4.78, 5) is 17.2. The van der Waals surface area contributed by atoms with E-state index < -0.39 is 16.1 Å². The van der Waals surface area contributed by atoms with Gasteiger partial charge in [0.15, 0.2) is 0 Å². The van der Waals surface area contributed by atoms with Crippen molar-refractivity contribution in [2.24, 2.45) is 5.73 Å². The van der Waals surface area contributed by atoms with E-state index in [0.29, 0.717) is 0 Å². The van der Waals surface area contributed by atoms with Crippen molar-refractivity contribution in [3.63, 3.8) is 0 Å². The average molecular weight is 261 g/mol. The molecule has 1 amide bonds. The first-order valence-electron chi connectivity index (χ1n) is 4.41. The van der Waals surface area contributed by atoms with Gasteiger partial charge >= 0.3 is 6.09 Å². The number of carbonyl (C=O) groups excluding carboxylic acids is 1. The Morgan fingerprint density at radius 3 is 2.53 bits per heavy atom. The highest BCUT2D eigenvalue weighted by atomic mass is 32.2. The van der Waals surface area contributed by atoms with E-state index in [1.807, 2.05) is 0 Å². The molecule has 0 saturated carbocycles. The third kappa shape index (κ3) is 4.20. The number of anilines is 1. The van der Waals surface area contributed by atoms with Crippen molar-refractivity contribution >= 4 is 22.1 Å². The number of carbonyl (C=O) groups is 1. The Kier molecular flexibility index (Phi) is 4.17. The van der Waals surface area contributed by atoms with Gasteiger partial charge in [-0.05, 0) is 0 Å². The molecule has 0 unspecified atom stereocenters. The van der Waals surface area contributed by atoms with E-state index in [0.717, 1.165) is 12.4 Å². The molecule has 0 spiro atoms. The van der Waals surface area contributed by atoms with Crippen molar-refractivity contribution in [3.8, 4) is 0 Å². The standard InChI is InChI=1S/C7H11N5O4S/c8-6-10-3-5(4-11-6)17(14,15)12-1-2-16-7(9)13/h3-4,12H,1-2H2,(H2,9,13)(H2,8,10,11). The van der Waals surface area contributed by atoms with Gasteiger partial charge in [0.2, 0.25) is 16.0 Å². The molecule has 94 valence electrons. The van der Waals surface area contributed by atoms with Crippen LogP contribution in [0.4, 0.5) is 10.7 Å². The lowest BCUT2D eigenvalue weighted by Crippen LogP contribution is -2.29. The second-order valence-corrected chi connectivity index (χ2v) is 4.61. The summed E-state index contributed by atoms with van der Waals surface area (Å²) in [5, 5.41) is 0. The van der Waals surface area contributed by atoms with Crippen LogP contribution in [-0.2, 0) is 14.8 Å². The van der Waals surface area contributed by atoms with Gasteiger partial charge in [0.05, 0.1) is 12.4 Å². The average Bonchev–Trinajstić information content (AvgIpc) is 2.25. The van der Waals surface area contributed by atoms with Crippen molar-refractivity contribution in [1.82, 2.24) is 14.7 Å². The Morgan fingerprint density at radius 2 is 2.00 bits per heavy atom.